The minimum absolute atomic E-state index is 1.11. The highest BCUT2D eigenvalue weighted by Crippen LogP contribution is 2.30. The van der Waals surface area contributed by atoms with Gasteiger partial charge in [0.05, 0.1) is 0 Å². The van der Waals surface area contributed by atoms with Crippen LogP contribution in [0.5, 0.6) is 0 Å². The second-order valence-corrected chi connectivity index (χ2v) is 5.06. The van der Waals surface area contributed by atoms with Crippen molar-refractivity contribution in [1.29, 1.82) is 0 Å². The van der Waals surface area contributed by atoms with Crippen LogP contribution in [0.2, 0.25) is 0 Å². The van der Waals surface area contributed by atoms with E-state index in [0.717, 1.165) is 6.42 Å². The molecule has 0 amide bonds. The zero-order chi connectivity index (χ0) is 12.1. The zero-order valence-corrected chi connectivity index (χ0v) is 11.0. The van der Waals surface area contributed by atoms with Gasteiger partial charge in [0.15, 0.2) is 0 Å². The van der Waals surface area contributed by atoms with Crippen molar-refractivity contribution in [3.05, 3.63) is 58.7 Å². The Morgan fingerprint density at radius 2 is 1.88 bits per heavy atom. The number of benzene rings is 1. The molecule has 0 saturated heterocycles. The van der Waals surface area contributed by atoms with Crippen LogP contribution in [0, 0.1) is 0 Å². The molecule has 0 unspecified atom stereocenters. The van der Waals surface area contributed by atoms with Crippen molar-refractivity contribution in [2.45, 2.75) is 46.0 Å². The topological polar surface area (TPSA) is 0 Å². The highest BCUT2D eigenvalue weighted by molar-refractivity contribution is 5.41. The SMILES string of the molecule is CCCCC1=C(Cc2ccccc2)C=C(C)C1. The molecule has 17 heavy (non-hydrogen) atoms. The van der Waals surface area contributed by atoms with E-state index in [1.165, 1.54) is 36.8 Å². The standard InChI is InChI=1S/C17H22/c1-3-4-10-16-11-14(2)12-17(16)13-15-8-6-5-7-9-15/h5-9,12H,3-4,10-11,13H2,1-2H3. The van der Waals surface area contributed by atoms with Crippen molar-refractivity contribution in [3.8, 4) is 0 Å². The first-order chi connectivity index (χ1) is 8.29. The molecular weight excluding hydrogens is 204 g/mol. The number of hydrogen-bond acceptors (Lipinski definition) is 0. The minimum Gasteiger partial charge on any atom is -0.0690 e. The van der Waals surface area contributed by atoms with Gasteiger partial charge in [-0.3, -0.25) is 0 Å². The van der Waals surface area contributed by atoms with Gasteiger partial charge >= 0.3 is 0 Å². The van der Waals surface area contributed by atoms with Crippen LogP contribution in [-0.4, -0.2) is 0 Å². The first kappa shape index (κ1) is 12.2. The summed E-state index contributed by atoms with van der Waals surface area (Å²) in [5.74, 6) is 0. The summed E-state index contributed by atoms with van der Waals surface area (Å²) < 4.78 is 0. The molecule has 0 aromatic heterocycles. The quantitative estimate of drug-likeness (QED) is 0.658. The van der Waals surface area contributed by atoms with Gasteiger partial charge in [-0.05, 0) is 43.7 Å². The third-order valence-corrected chi connectivity index (χ3v) is 3.44. The first-order valence-electron chi connectivity index (χ1n) is 6.71. The molecule has 0 N–H and O–H groups in total. The maximum Gasteiger partial charge on any atom is -0.00261 e. The smallest absolute Gasteiger partial charge is 0.00261 e. The molecule has 0 aliphatic heterocycles. The molecule has 0 radical (unpaired) electrons. The summed E-state index contributed by atoms with van der Waals surface area (Å²) >= 11 is 0. The molecule has 90 valence electrons. The summed E-state index contributed by atoms with van der Waals surface area (Å²) in [4.78, 5) is 0. The van der Waals surface area contributed by atoms with Crippen LogP contribution >= 0.6 is 0 Å². The van der Waals surface area contributed by atoms with Gasteiger partial charge in [-0.2, -0.15) is 0 Å². The molecule has 0 spiro atoms. The summed E-state index contributed by atoms with van der Waals surface area (Å²) in [6.45, 7) is 4.52. The van der Waals surface area contributed by atoms with Crippen molar-refractivity contribution in [1.82, 2.24) is 0 Å². The largest absolute Gasteiger partial charge is 0.0690 e. The third kappa shape index (κ3) is 3.33. The van der Waals surface area contributed by atoms with E-state index < -0.39 is 0 Å². The van der Waals surface area contributed by atoms with E-state index in [1.54, 1.807) is 11.1 Å². The molecule has 1 aromatic carbocycles. The normalized spacial score (nSPS) is 15.3. The van der Waals surface area contributed by atoms with Crippen molar-refractivity contribution in [3.63, 3.8) is 0 Å². The van der Waals surface area contributed by atoms with Crippen LogP contribution < -0.4 is 0 Å². The van der Waals surface area contributed by atoms with Gasteiger partial charge in [-0.25, -0.2) is 0 Å². The van der Waals surface area contributed by atoms with Crippen molar-refractivity contribution >= 4 is 0 Å². The fourth-order valence-corrected chi connectivity index (χ4v) is 2.53. The lowest BCUT2D eigenvalue weighted by Crippen LogP contribution is -1.91. The number of allylic oxidation sites excluding steroid dienone is 4. The van der Waals surface area contributed by atoms with Crippen LogP contribution in [0.1, 0.15) is 45.1 Å². The Bertz CT molecular complexity index is 421. The van der Waals surface area contributed by atoms with Crippen molar-refractivity contribution in [2.24, 2.45) is 0 Å². The van der Waals surface area contributed by atoms with E-state index in [1.807, 2.05) is 0 Å². The average molecular weight is 226 g/mol. The number of unbranched alkanes of at least 4 members (excludes halogenated alkanes) is 1. The summed E-state index contributed by atoms with van der Waals surface area (Å²) in [7, 11) is 0. The summed E-state index contributed by atoms with van der Waals surface area (Å²) in [6.07, 6.45) is 8.62. The highest BCUT2D eigenvalue weighted by Gasteiger charge is 2.12. The van der Waals surface area contributed by atoms with Crippen LogP contribution in [0.4, 0.5) is 0 Å². The van der Waals surface area contributed by atoms with Crippen LogP contribution in [-0.2, 0) is 6.42 Å². The predicted molar refractivity (Wildman–Crippen MR) is 75.1 cm³/mol. The van der Waals surface area contributed by atoms with Gasteiger partial charge in [0.2, 0.25) is 0 Å². The van der Waals surface area contributed by atoms with Gasteiger partial charge < -0.3 is 0 Å². The second kappa shape index (κ2) is 5.86. The number of hydrogen-bond donors (Lipinski definition) is 0. The molecule has 2 rings (SSSR count). The Balaban J connectivity index is 2.10. The summed E-state index contributed by atoms with van der Waals surface area (Å²) in [6, 6.07) is 10.8. The van der Waals surface area contributed by atoms with Gasteiger partial charge in [-0.15, -0.1) is 0 Å². The molecule has 0 heteroatoms. The molecule has 0 bridgehead atoms. The monoisotopic (exact) mass is 226 g/mol. The van der Waals surface area contributed by atoms with Gasteiger partial charge in [0.25, 0.3) is 0 Å². The molecule has 0 atom stereocenters. The van der Waals surface area contributed by atoms with Crippen LogP contribution in [0.3, 0.4) is 0 Å². The lowest BCUT2D eigenvalue weighted by Gasteiger charge is -2.07. The Hall–Kier alpha value is -1.30. The maximum absolute atomic E-state index is 2.40. The summed E-state index contributed by atoms with van der Waals surface area (Å²) in [5, 5.41) is 0. The molecule has 1 aliphatic rings. The molecule has 0 heterocycles. The average Bonchev–Trinajstić information content (AvgIpc) is 2.68. The first-order valence-corrected chi connectivity index (χ1v) is 6.71. The minimum atomic E-state index is 1.11. The molecule has 1 aromatic rings. The Labute approximate surface area is 105 Å². The van der Waals surface area contributed by atoms with Gasteiger partial charge in [0.1, 0.15) is 0 Å². The molecule has 0 saturated carbocycles. The predicted octanol–water partition coefficient (Wildman–Crippen LogP) is 5.07. The Morgan fingerprint density at radius 1 is 1.12 bits per heavy atom. The Kier molecular flexibility index (Phi) is 4.19. The summed E-state index contributed by atoms with van der Waals surface area (Å²) in [5.41, 5.74) is 6.21. The number of rotatable bonds is 5. The lowest BCUT2D eigenvalue weighted by atomic mass is 9.98. The fraction of sp³-hybridized carbons (Fsp3) is 0.412. The fourth-order valence-electron chi connectivity index (χ4n) is 2.53. The van der Waals surface area contributed by atoms with Crippen LogP contribution in [0.25, 0.3) is 0 Å². The van der Waals surface area contributed by atoms with Gasteiger partial charge in [-0.1, -0.05) is 60.9 Å². The molecule has 0 fully saturated rings. The van der Waals surface area contributed by atoms with E-state index in [-0.39, 0.29) is 0 Å². The molecular formula is C17H22. The van der Waals surface area contributed by atoms with E-state index in [4.69, 9.17) is 0 Å². The van der Waals surface area contributed by atoms with E-state index >= 15 is 0 Å². The Morgan fingerprint density at radius 3 is 2.59 bits per heavy atom. The van der Waals surface area contributed by atoms with E-state index in [2.05, 4.69) is 50.3 Å². The highest BCUT2D eigenvalue weighted by atomic mass is 14.2. The van der Waals surface area contributed by atoms with Crippen molar-refractivity contribution in [2.75, 3.05) is 0 Å². The third-order valence-electron chi connectivity index (χ3n) is 3.44. The molecule has 1 aliphatic carbocycles. The van der Waals surface area contributed by atoms with Crippen molar-refractivity contribution < 1.29 is 0 Å². The van der Waals surface area contributed by atoms with E-state index in [0.29, 0.717) is 0 Å². The lowest BCUT2D eigenvalue weighted by molar-refractivity contribution is 0.769. The second-order valence-electron chi connectivity index (χ2n) is 5.06. The zero-order valence-electron chi connectivity index (χ0n) is 11.0. The van der Waals surface area contributed by atoms with E-state index in [9.17, 15) is 0 Å². The van der Waals surface area contributed by atoms with Crippen LogP contribution in [0.15, 0.2) is 53.1 Å². The molecule has 0 nitrogen and oxygen atoms in total. The maximum atomic E-state index is 2.40. The van der Waals surface area contributed by atoms with Gasteiger partial charge in [0, 0.05) is 0 Å².